The molecule has 96 valence electrons. The van der Waals surface area contributed by atoms with Crippen molar-refractivity contribution in [3.63, 3.8) is 0 Å². The molecule has 0 fully saturated rings. The first-order valence-corrected chi connectivity index (χ1v) is 6.61. The van der Waals surface area contributed by atoms with Crippen molar-refractivity contribution in [2.75, 3.05) is 6.54 Å². The molecule has 0 spiro atoms. The van der Waals surface area contributed by atoms with Crippen molar-refractivity contribution in [1.29, 1.82) is 0 Å². The second-order valence-electron chi connectivity index (χ2n) is 4.72. The van der Waals surface area contributed by atoms with Gasteiger partial charge in [-0.3, -0.25) is 0 Å². The number of hydrogen-bond acceptors (Lipinski definition) is 1. The van der Waals surface area contributed by atoms with Crippen LogP contribution in [0.3, 0.4) is 0 Å². The Kier molecular flexibility index (Phi) is 5.93. The molecule has 0 saturated heterocycles. The van der Waals surface area contributed by atoms with Crippen LogP contribution in [0.25, 0.3) is 0 Å². The molecule has 17 heavy (non-hydrogen) atoms. The summed E-state index contributed by atoms with van der Waals surface area (Å²) in [5, 5.41) is 3.53. The van der Waals surface area contributed by atoms with Gasteiger partial charge in [0.2, 0.25) is 0 Å². The van der Waals surface area contributed by atoms with Crippen LogP contribution < -0.4 is 5.32 Å². The van der Waals surface area contributed by atoms with Gasteiger partial charge in [0.15, 0.2) is 0 Å². The third-order valence-electron chi connectivity index (χ3n) is 2.84. The zero-order valence-electron chi connectivity index (χ0n) is 10.8. The van der Waals surface area contributed by atoms with Crippen molar-refractivity contribution in [1.82, 2.24) is 5.32 Å². The van der Waals surface area contributed by atoms with Crippen LogP contribution in [0.5, 0.6) is 0 Å². The second kappa shape index (κ2) is 6.97. The van der Waals surface area contributed by atoms with E-state index in [0.29, 0.717) is 11.5 Å². The topological polar surface area (TPSA) is 12.0 Å². The molecule has 0 aliphatic carbocycles. The molecule has 1 aromatic rings. The van der Waals surface area contributed by atoms with Gasteiger partial charge in [-0.15, -0.1) is 0 Å². The minimum atomic E-state index is -0.288. The number of nitrogens with one attached hydrogen (secondary N) is 1. The molecule has 1 unspecified atom stereocenters. The highest BCUT2D eigenvalue weighted by Gasteiger charge is 2.16. The Balaban J connectivity index is 2.85. The largest absolute Gasteiger partial charge is 0.310 e. The van der Waals surface area contributed by atoms with E-state index in [-0.39, 0.29) is 16.9 Å². The molecule has 1 rings (SSSR count). The predicted octanol–water partition coefficient (Wildman–Crippen LogP) is 4.57. The van der Waals surface area contributed by atoms with E-state index < -0.39 is 0 Å². The molecule has 3 heteroatoms. The minimum Gasteiger partial charge on any atom is -0.310 e. The van der Waals surface area contributed by atoms with Crippen LogP contribution in [0.1, 0.15) is 45.2 Å². The quantitative estimate of drug-likeness (QED) is 0.787. The molecular formula is C14H21ClFN. The lowest BCUT2D eigenvalue weighted by Gasteiger charge is -2.20. The lowest BCUT2D eigenvalue weighted by atomic mass is 9.97. The summed E-state index contributed by atoms with van der Waals surface area (Å²) in [5.41, 5.74) is 0.681. The van der Waals surface area contributed by atoms with Crippen LogP contribution in [-0.2, 0) is 0 Å². The van der Waals surface area contributed by atoms with E-state index in [1.807, 2.05) is 13.0 Å². The Morgan fingerprint density at radius 1 is 1.29 bits per heavy atom. The SMILES string of the molecule is CCNC(CCC(C)C)c1cccc(Cl)c1F. The van der Waals surface area contributed by atoms with E-state index in [9.17, 15) is 4.39 Å². The van der Waals surface area contributed by atoms with Gasteiger partial charge in [0.25, 0.3) is 0 Å². The molecule has 0 aliphatic heterocycles. The van der Waals surface area contributed by atoms with Crippen molar-refractivity contribution < 1.29 is 4.39 Å². The van der Waals surface area contributed by atoms with Crippen molar-refractivity contribution >= 4 is 11.6 Å². The highest BCUT2D eigenvalue weighted by atomic mass is 35.5. The number of rotatable bonds is 6. The average Bonchev–Trinajstić information content (AvgIpc) is 2.28. The molecule has 1 nitrogen and oxygen atoms in total. The molecule has 0 aromatic heterocycles. The van der Waals surface area contributed by atoms with Crippen LogP contribution in [0.15, 0.2) is 18.2 Å². The zero-order valence-corrected chi connectivity index (χ0v) is 11.5. The maximum atomic E-state index is 13.9. The molecule has 1 aromatic carbocycles. The summed E-state index contributed by atoms with van der Waals surface area (Å²) in [4.78, 5) is 0. The summed E-state index contributed by atoms with van der Waals surface area (Å²) < 4.78 is 13.9. The highest BCUT2D eigenvalue weighted by Crippen LogP contribution is 2.27. The van der Waals surface area contributed by atoms with Crippen LogP contribution in [0, 0.1) is 11.7 Å². The molecule has 0 aliphatic rings. The Bertz CT molecular complexity index is 352. The predicted molar refractivity (Wildman–Crippen MR) is 71.9 cm³/mol. The van der Waals surface area contributed by atoms with E-state index in [4.69, 9.17) is 11.6 Å². The summed E-state index contributed by atoms with van der Waals surface area (Å²) in [6.07, 6.45) is 2.01. The molecular weight excluding hydrogens is 237 g/mol. The van der Waals surface area contributed by atoms with Crippen LogP contribution >= 0.6 is 11.6 Å². The highest BCUT2D eigenvalue weighted by molar-refractivity contribution is 6.30. The zero-order chi connectivity index (χ0) is 12.8. The molecule has 0 heterocycles. The lowest BCUT2D eigenvalue weighted by molar-refractivity contribution is 0.434. The van der Waals surface area contributed by atoms with Crippen molar-refractivity contribution in [2.24, 2.45) is 5.92 Å². The van der Waals surface area contributed by atoms with E-state index in [2.05, 4.69) is 19.2 Å². The summed E-state index contributed by atoms with van der Waals surface area (Å²) in [7, 11) is 0. The minimum absolute atomic E-state index is 0.0566. The van der Waals surface area contributed by atoms with Crippen molar-refractivity contribution in [3.8, 4) is 0 Å². The normalized spacial score (nSPS) is 13.1. The van der Waals surface area contributed by atoms with E-state index >= 15 is 0 Å². The monoisotopic (exact) mass is 257 g/mol. The number of halogens is 2. The smallest absolute Gasteiger partial charge is 0.146 e. The summed E-state index contributed by atoms with van der Waals surface area (Å²) in [5.74, 6) is 0.335. The fourth-order valence-corrected chi connectivity index (χ4v) is 2.09. The molecule has 0 saturated carbocycles. The van der Waals surface area contributed by atoms with E-state index in [0.717, 1.165) is 19.4 Å². The Hall–Kier alpha value is -0.600. The third-order valence-corrected chi connectivity index (χ3v) is 3.13. The van der Waals surface area contributed by atoms with E-state index in [1.54, 1.807) is 12.1 Å². The van der Waals surface area contributed by atoms with Crippen LogP contribution in [0.4, 0.5) is 4.39 Å². The van der Waals surface area contributed by atoms with Gasteiger partial charge in [-0.25, -0.2) is 4.39 Å². The molecule has 1 atom stereocenters. The standard InChI is InChI=1S/C14H21ClFN/c1-4-17-13(9-8-10(2)3)11-6-5-7-12(15)14(11)16/h5-7,10,13,17H,4,8-9H2,1-3H3. The number of benzene rings is 1. The molecule has 0 bridgehead atoms. The van der Waals surface area contributed by atoms with Gasteiger partial charge < -0.3 is 5.32 Å². The van der Waals surface area contributed by atoms with Gasteiger partial charge in [-0.05, 0) is 31.4 Å². The summed E-state index contributed by atoms with van der Waals surface area (Å²) in [6, 6.07) is 5.27. The van der Waals surface area contributed by atoms with Gasteiger partial charge in [-0.1, -0.05) is 44.5 Å². The Morgan fingerprint density at radius 2 is 2.00 bits per heavy atom. The van der Waals surface area contributed by atoms with Crippen LogP contribution in [-0.4, -0.2) is 6.54 Å². The maximum absolute atomic E-state index is 13.9. The lowest BCUT2D eigenvalue weighted by Crippen LogP contribution is -2.22. The fourth-order valence-electron chi connectivity index (χ4n) is 1.90. The van der Waals surface area contributed by atoms with E-state index in [1.165, 1.54) is 0 Å². The first kappa shape index (κ1) is 14.5. The maximum Gasteiger partial charge on any atom is 0.146 e. The van der Waals surface area contributed by atoms with Gasteiger partial charge >= 0.3 is 0 Å². The first-order valence-electron chi connectivity index (χ1n) is 6.23. The summed E-state index contributed by atoms with van der Waals surface area (Å²) >= 11 is 5.82. The summed E-state index contributed by atoms with van der Waals surface area (Å²) in [6.45, 7) is 7.22. The Labute approximate surface area is 108 Å². The number of hydrogen-bond donors (Lipinski definition) is 1. The van der Waals surface area contributed by atoms with Crippen molar-refractivity contribution in [3.05, 3.63) is 34.6 Å². The van der Waals surface area contributed by atoms with Gasteiger partial charge in [-0.2, -0.15) is 0 Å². The molecule has 0 radical (unpaired) electrons. The second-order valence-corrected chi connectivity index (χ2v) is 5.13. The average molecular weight is 258 g/mol. The van der Waals surface area contributed by atoms with Crippen LogP contribution in [0.2, 0.25) is 5.02 Å². The Morgan fingerprint density at radius 3 is 2.59 bits per heavy atom. The third kappa shape index (κ3) is 4.29. The fraction of sp³-hybridized carbons (Fsp3) is 0.571. The van der Waals surface area contributed by atoms with Gasteiger partial charge in [0.05, 0.1) is 5.02 Å². The van der Waals surface area contributed by atoms with Crippen molar-refractivity contribution in [2.45, 2.75) is 39.7 Å². The first-order chi connectivity index (χ1) is 8.06. The van der Waals surface area contributed by atoms with Gasteiger partial charge in [0.1, 0.15) is 5.82 Å². The molecule has 0 amide bonds. The van der Waals surface area contributed by atoms with Gasteiger partial charge in [0, 0.05) is 11.6 Å². The molecule has 1 N–H and O–H groups in total.